The zero-order valence-corrected chi connectivity index (χ0v) is 12.7. The second-order valence-electron chi connectivity index (χ2n) is 4.25. The summed E-state index contributed by atoms with van der Waals surface area (Å²) >= 11 is 7.40. The molecule has 104 valence electrons. The third kappa shape index (κ3) is 3.26. The second-order valence-corrected chi connectivity index (χ2v) is 5.83. The van der Waals surface area contributed by atoms with E-state index in [-0.39, 0.29) is 0 Å². The molecule has 0 bridgehead atoms. The van der Waals surface area contributed by atoms with E-state index in [0.717, 1.165) is 15.4 Å². The van der Waals surface area contributed by atoms with Crippen molar-refractivity contribution in [2.75, 3.05) is 12.8 Å². The first-order valence-corrected chi connectivity index (χ1v) is 7.12. The summed E-state index contributed by atoms with van der Waals surface area (Å²) in [6, 6.07) is 11.2. The molecule has 0 radical (unpaired) electrons. The molecular weight excluding hydrogens is 294 g/mol. The zero-order valence-electron chi connectivity index (χ0n) is 11.1. The van der Waals surface area contributed by atoms with Gasteiger partial charge in [-0.2, -0.15) is 0 Å². The summed E-state index contributed by atoms with van der Waals surface area (Å²) in [4.78, 5) is 13.7. The second kappa shape index (κ2) is 6.20. The van der Waals surface area contributed by atoms with Crippen LogP contribution in [0.4, 0.5) is 5.69 Å². The fraction of sp³-hybridized carbons (Fsp3) is 0.133. The molecule has 0 saturated carbocycles. The third-order valence-corrected chi connectivity index (χ3v) is 4.05. The van der Waals surface area contributed by atoms with Crippen molar-refractivity contribution in [3.8, 4) is 0 Å². The van der Waals surface area contributed by atoms with Crippen molar-refractivity contribution in [1.82, 2.24) is 0 Å². The molecule has 20 heavy (non-hydrogen) atoms. The van der Waals surface area contributed by atoms with Gasteiger partial charge in [-0.25, -0.2) is 4.79 Å². The first-order valence-electron chi connectivity index (χ1n) is 5.93. The molecule has 2 rings (SSSR count). The van der Waals surface area contributed by atoms with E-state index < -0.39 is 5.97 Å². The van der Waals surface area contributed by atoms with Crippen LogP contribution in [0.1, 0.15) is 15.9 Å². The fourth-order valence-corrected chi connectivity index (χ4v) is 2.82. The summed E-state index contributed by atoms with van der Waals surface area (Å²) in [5.74, 6) is -0.427. The van der Waals surface area contributed by atoms with E-state index in [4.69, 9.17) is 22.1 Å². The van der Waals surface area contributed by atoms with E-state index in [0.29, 0.717) is 16.3 Å². The number of anilines is 1. The Balaban J connectivity index is 2.35. The van der Waals surface area contributed by atoms with Gasteiger partial charge < -0.3 is 10.5 Å². The Labute approximate surface area is 127 Å². The van der Waals surface area contributed by atoms with E-state index in [2.05, 4.69) is 0 Å². The summed E-state index contributed by atoms with van der Waals surface area (Å²) < 4.78 is 4.75. The molecule has 3 nitrogen and oxygen atoms in total. The lowest BCUT2D eigenvalue weighted by molar-refractivity contribution is 0.0601. The van der Waals surface area contributed by atoms with Crippen molar-refractivity contribution < 1.29 is 9.53 Å². The van der Waals surface area contributed by atoms with Gasteiger partial charge in [0.05, 0.1) is 12.7 Å². The van der Waals surface area contributed by atoms with Gasteiger partial charge in [0.25, 0.3) is 0 Å². The number of methoxy groups -OCH3 is 1. The number of hydrogen-bond acceptors (Lipinski definition) is 4. The van der Waals surface area contributed by atoms with E-state index >= 15 is 0 Å². The predicted molar refractivity (Wildman–Crippen MR) is 82.5 cm³/mol. The average Bonchev–Trinajstić information content (AvgIpc) is 2.44. The normalized spacial score (nSPS) is 10.3. The molecule has 5 heteroatoms. The van der Waals surface area contributed by atoms with Crippen molar-refractivity contribution >= 4 is 35.0 Å². The van der Waals surface area contributed by atoms with Crippen molar-refractivity contribution in [3.05, 3.63) is 52.5 Å². The summed E-state index contributed by atoms with van der Waals surface area (Å²) in [7, 11) is 1.34. The molecule has 2 N–H and O–H groups in total. The highest BCUT2D eigenvalue weighted by Gasteiger charge is 2.13. The van der Waals surface area contributed by atoms with Crippen LogP contribution in [0.3, 0.4) is 0 Å². The zero-order chi connectivity index (χ0) is 14.7. The van der Waals surface area contributed by atoms with Gasteiger partial charge in [0.2, 0.25) is 0 Å². The Bertz CT molecular complexity index is 641. The molecule has 0 fully saturated rings. The highest BCUT2D eigenvalue weighted by Crippen LogP contribution is 2.32. The van der Waals surface area contributed by atoms with Gasteiger partial charge in [0.15, 0.2) is 0 Å². The van der Waals surface area contributed by atoms with Crippen LogP contribution in [0.2, 0.25) is 5.02 Å². The first kappa shape index (κ1) is 14.8. The van der Waals surface area contributed by atoms with Gasteiger partial charge in [0.1, 0.15) is 0 Å². The Morgan fingerprint density at radius 1 is 1.20 bits per heavy atom. The summed E-state index contributed by atoms with van der Waals surface area (Å²) in [6.45, 7) is 1.87. The molecule has 0 aliphatic carbocycles. The minimum absolute atomic E-state index is 0.393. The monoisotopic (exact) mass is 307 g/mol. The minimum atomic E-state index is -0.427. The van der Waals surface area contributed by atoms with Crippen LogP contribution in [0, 0.1) is 6.92 Å². The number of carbonyl (C=O) groups is 1. The molecule has 0 aliphatic rings. The number of esters is 1. The van der Waals surface area contributed by atoms with Gasteiger partial charge >= 0.3 is 5.97 Å². The molecule has 0 amide bonds. The molecule has 0 unspecified atom stereocenters. The van der Waals surface area contributed by atoms with Gasteiger partial charge in [0, 0.05) is 20.5 Å². The SMILES string of the molecule is COC(=O)c1cc(Sc2ccc(Cl)cc2)cc(C)c1N. The van der Waals surface area contributed by atoms with Crippen molar-refractivity contribution in [2.24, 2.45) is 0 Å². The van der Waals surface area contributed by atoms with E-state index in [1.165, 1.54) is 18.9 Å². The molecule has 0 spiro atoms. The van der Waals surface area contributed by atoms with Crippen molar-refractivity contribution in [2.45, 2.75) is 16.7 Å². The maximum atomic E-state index is 11.7. The lowest BCUT2D eigenvalue weighted by Crippen LogP contribution is -2.07. The topological polar surface area (TPSA) is 52.3 Å². The van der Waals surface area contributed by atoms with Crippen LogP contribution in [0.5, 0.6) is 0 Å². The number of hydrogen-bond donors (Lipinski definition) is 1. The molecule has 0 heterocycles. The number of rotatable bonds is 3. The molecular formula is C15H14ClNO2S. The number of nitrogen functional groups attached to an aromatic ring is 1. The summed E-state index contributed by atoms with van der Waals surface area (Å²) in [5, 5.41) is 0.693. The largest absolute Gasteiger partial charge is 0.465 e. The van der Waals surface area contributed by atoms with Gasteiger partial charge in [-0.05, 0) is 48.9 Å². The molecule has 0 aromatic heterocycles. The Morgan fingerprint density at radius 2 is 1.85 bits per heavy atom. The number of ether oxygens (including phenoxy) is 1. The first-order chi connectivity index (χ1) is 9.51. The number of aryl methyl sites for hydroxylation is 1. The Hall–Kier alpha value is -1.65. The van der Waals surface area contributed by atoms with E-state index in [9.17, 15) is 4.79 Å². The van der Waals surface area contributed by atoms with Gasteiger partial charge in [-0.3, -0.25) is 0 Å². The standard InChI is InChI=1S/C15H14ClNO2S/c1-9-7-12(8-13(14(9)17)15(18)19-2)20-11-5-3-10(16)4-6-11/h3-8H,17H2,1-2H3. The highest BCUT2D eigenvalue weighted by molar-refractivity contribution is 7.99. The minimum Gasteiger partial charge on any atom is -0.465 e. The molecule has 0 atom stereocenters. The summed E-state index contributed by atoms with van der Waals surface area (Å²) in [5.41, 5.74) is 7.61. The van der Waals surface area contributed by atoms with E-state index in [1.54, 1.807) is 6.07 Å². The van der Waals surface area contributed by atoms with Crippen molar-refractivity contribution in [3.63, 3.8) is 0 Å². The maximum Gasteiger partial charge on any atom is 0.340 e. The van der Waals surface area contributed by atoms with Crippen LogP contribution in [0.15, 0.2) is 46.2 Å². The average molecular weight is 308 g/mol. The molecule has 0 saturated heterocycles. The third-order valence-electron chi connectivity index (χ3n) is 2.82. The number of nitrogens with two attached hydrogens (primary N) is 1. The number of halogens is 1. The van der Waals surface area contributed by atoms with Crippen LogP contribution in [-0.2, 0) is 4.74 Å². The highest BCUT2D eigenvalue weighted by atomic mass is 35.5. The van der Waals surface area contributed by atoms with Crippen molar-refractivity contribution in [1.29, 1.82) is 0 Å². The Morgan fingerprint density at radius 3 is 2.45 bits per heavy atom. The number of carbonyl (C=O) groups excluding carboxylic acids is 1. The maximum absolute atomic E-state index is 11.7. The molecule has 2 aromatic rings. The van der Waals surface area contributed by atoms with Gasteiger partial charge in [-0.1, -0.05) is 23.4 Å². The van der Waals surface area contributed by atoms with Gasteiger partial charge in [-0.15, -0.1) is 0 Å². The van der Waals surface area contributed by atoms with Crippen LogP contribution < -0.4 is 5.73 Å². The quantitative estimate of drug-likeness (QED) is 0.683. The van der Waals surface area contributed by atoms with E-state index in [1.807, 2.05) is 37.3 Å². The molecule has 2 aromatic carbocycles. The molecule has 0 aliphatic heterocycles. The Kier molecular flexibility index (Phi) is 4.57. The van der Waals surface area contributed by atoms with Crippen LogP contribution in [0.25, 0.3) is 0 Å². The lowest BCUT2D eigenvalue weighted by Gasteiger charge is -2.10. The fourth-order valence-electron chi connectivity index (χ4n) is 1.74. The lowest BCUT2D eigenvalue weighted by atomic mass is 10.1. The summed E-state index contributed by atoms with van der Waals surface area (Å²) in [6.07, 6.45) is 0. The van der Waals surface area contributed by atoms with Crippen LogP contribution in [-0.4, -0.2) is 13.1 Å². The predicted octanol–water partition coefficient (Wildman–Crippen LogP) is 4.17. The van der Waals surface area contributed by atoms with Crippen LogP contribution >= 0.6 is 23.4 Å². The number of benzene rings is 2. The smallest absolute Gasteiger partial charge is 0.340 e.